The van der Waals surface area contributed by atoms with Crippen molar-refractivity contribution >= 4 is 35.3 Å². The molecule has 1 amide bonds. The van der Waals surface area contributed by atoms with Gasteiger partial charge in [-0.3, -0.25) is 9.78 Å². The van der Waals surface area contributed by atoms with E-state index in [1.54, 1.807) is 48.5 Å². The molecule has 0 bridgehead atoms. The molecule has 8 heteroatoms. The first-order valence-corrected chi connectivity index (χ1v) is 12.4. The number of fused-ring (bicyclic) bond motifs is 1. The maximum atomic E-state index is 13.7. The van der Waals surface area contributed by atoms with Crippen LogP contribution in [0.15, 0.2) is 60.9 Å². The Morgan fingerprint density at radius 2 is 1.76 bits per heavy atom. The number of carbonyl (C=O) groups excluding carboxylic acids is 2. The standard InChI is InChI=1S/C26H25N3O4S/c1-17-19(26(31)33-34-2)6-5-9-23(17)32-24-12-13-27-16-20(24)25(30)29-15-14-28(18-10-11-18)21-7-3-4-8-22(21)29/h3-9,12-13,16,18H,10-11,14-15H2,1-2H3. The van der Waals surface area contributed by atoms with Gasteiger partial charge in [-0.25, -0.2) is 4.79 Å². The second-order valence-electron chi connectivity index (χ2n) is 8.31. The average molecular weight is 476 g/mol. The van der Waals surface area contributed by atoms with Crippen molar-refractivity contribution in [2.45, 2.75) is 25.8 Å². The minimum absolute atomic E-state index is 0.165. The van der Waals surface area contributed by atoms with Gasteiger partial charge in [0.1, 0.15) is 17.1 Å². The first-order valence-electron chi connectivity index (χ1n) is 11.2. The fourth-order valence-electron chi connectivity index (χ4n) is 4.32. The number of rotatable bonds is 6. The molecule has 7 nitrogen and oxygen atoms in total. The van der Waals surface area contributed by atoms with Crippen molar-refractivity contribution in [3.63, 3.8) is 0 Å². The Labute approximate surface area is 202 Å². The molecule has 5 rings (SSSR count). The Hall–Kier alpha value is -3.52. The van der Waals surface area contributed by atoms with Gasteiger partial charge in [-0.2, -0.15) is 0 Å². The molecular weight excluding hydrogens is 450 g/mol. The van der Waals surface area contributed by atoms with Crippen molar-refractivity contribution < 1.29 is 18.5 Å². The fourth-order valence-corrected chi connectivity index (χ4v) is 4.56. The van der Waals surface area contributed by atoms with Gasteiger partial charge in [0.2, 0.25) is 0 Å². The number of hydrogen-bond donors (Lipinski definition) is 0. The van der Waals surface area contributed by atoms with E-state index in [-0.39, 0.29) is 5.91 Å². The highest BCUT2D eigenvalue weighted by Crippen LogP contribution is 2.41. The Morgan fingerprint density at radius 1 is 0.971 bits per heavy atom. The first kappa shape index (κ1) is 22.3. The molecule has 0 unspecified atom stereocenters. The smallest absolute Gasteiger partial charge is 0.350 e. The number of carbonyl (C=O) groups is 2. The summed E-state index contributed by atoms with van der Waals surface area (Å²) >= 11 is 0.993. The van der Waals surface area contributed by atoms with Gasteiger partial charge in [0.05, 0.1) is 29.0 Å². The van der Waals surface area contributed by atoms with Crippen molar-refractivity contribution in [1.29, 1.82) is 0 Å². The van der Waals surface area contributed by atoms with Gasteiger partial charge >= 0.3 is 5.97 Å². The highest BCUT2D eigenvalue weighted by Gasteiger charge is 2.36. The van der Waals surface area contributed by atoms with Crippen LogP contribution >= 0.6 is 12.0 Å². The first-order chi connectivity index (χ1) is 16.6. The van der Waals surface area contributed by atoms with E-state index in [0.29, 0.717) is 40.8 Å². The summed E-state index contributed by atoms with van der Waals surface area (Å²) in [5.74, 6) is 0.267. The molecule has 2 aromatic carbocycles. The van der Waals surface area contributed by atoms with E-state index < -0.39 is 5.97 Å². The highest BCUT2D eigenvalue weighted by atomic mass is 32.2. The number of nitrogens with zero attached hydrogens (tertiary/aromatic N) is 3. The lowest BCUT2D eigenvalue weighted by molar-refractivity contribution is 0.0767. The summed E-state index contributed by atoms with van der Waals surface area (Å²) in [5.41, 5.74) is 3.41. The third-order valence-corrected chi connectivity index (χ3v) is 6.49. The highest BCUT2D eigenvalue weighted by molar-refractivity contribution is 7.94. The maximum Gasteiger partial charge on any atom is 0.350 e. The lowest BCUT2D eigenvalue weighted by Crippen LogP contribution is -2.45. The topological polar surface area (TPSA) is 72.0 Å². The molecule has 174 valence electrons. The van der Waals surface area contributed by atoms with Crippen LogP contribution < -0.4 is 14.5 Å². The van der Waals surface area contributed by atoms with Crippen LogP contribution in [0.2, 0.25) is 0 Å². The molecule has 1 fully saturated rings. The molecule has 0 spiro atoms. The van der Waals surface area contributed by atoms with E-state index >= 15 is 0 Å². The predicted octanol–water partition coefficient (Wildman–Crippen LogP) is 5.25. The quantitative estimate of drug-likeness (QED) is 0.451. The number of ether oxygens (including phenoxy) is 1. The summed E-state index contributed by atoms with van der Waals surface area (Å²) in [7, 11) is 0. The molecule has 0 atom stereocenters. The SMILES string of the molecule is CSOC(=O)c1cccc(Oc2ccncc2C(=O)N2CCN(C3CC3)c3ccccc32)c1C. The second kappa shape index (κ2) is 9.38. The van der Waals surface area contributed by atoms with E-state index in [9.17, 15) is 9.59 Å². The normalized spacial score (nSPS) is 15.0. The summed E-state index contributed by atoms with van der Waals surface area (Å²) in [6, 6.07) is 15.5. The van der Waals surface area contributed by atoms with E-state index in [1.165, 1.54) is 19.0 Å². The fraction of sp³-hybridized carbons (Fsp3) is 0.269. The Balaban J connectivity index is 1.45. The van der Waals surface area contributed by atoms with Crippen LogP contribution in [0, 0.1) is 6.92 Å². The second-order valence-corrected chi connectivity index (χ2v) is 8.81. The van der Waals surface area contributed by atoms with Crippen molar-refractivity contribution in [2.75, 3.05) is 29.1 Å². The van der Waals surface area contributed by atoms with Gasteiger partial charge in [0, 0.05) is 43.3 Å². The van der Waals surface area contributed by atoms with Crippen molar-refractivity contribution in [3.05, 3.63) is 77.6 Å². The largest absolute Gasteiger partial charge is 0.456 e. The van der Waals surface area contributed by atoms with Gasteiger partial charge in [-0.1, -0.05) is 18.2 Å². The monoisotopic (exact) mass is 475 g/mol. The minimum Gasteiger partial charge on any atom is -0.456 e. The molecule has 3 aromatic rings. The molecule has 1 saturated carbocycles. The van der Waals surface area contributed by atoms with Crippen LogP contribution in [0.25, 0.3) is 0 Å². The van der Waals surface area contributed by atoms with E-state index in [2.05, 4.69) is 16.0 Å². The van der Waals surface area contributed by atoms with Crippen molar-refractivity contribution in [3.8, 4) is 11.5 Å². The van der Waals surface area contributed by atoms with Crippen molar-refractivity contribution in [1.82, 2.24) is 4.98 Å². The molecular formula is C26H25N3O4S. The Kier molecular flexibility index (Phi) is 6.15. The van der Waals surface area contributed by atoms with Gasteiger partial charge < -0.3 is 18.7 Å². The summed E-state index contributed by atoms with van der Waals surface area (Å²) in [6.45, 7) is 3.18. The maximum absolute atomic E-state index is 13.7. The summed E-state index contributed by atoms with van der Waals surface area (Å²) < 4.78 is 11.2. The molecule has 0 N–H and O–H groups in total. The van der Waals surface area contributed by atoms with E-state index in [0.717, 1.165) is 30.0 Å². The average Bonchev–Trinajstić information content (AvgIpc) is 3.70. The van der Waals surface area contributed by atoms with E-state index in [4.69, 9.17) is 8.92 Å². The van der Waals surface area contributed by atoms with E-state index in [1.807, 2.05) is 18.2 Å². The molecule has 2 aliphatic rings. The van der Waals surface area contributed by atoms with Gasteiger partial charge in [0.15, 0.2) is 0 Å². The number of pyridine rings is 1. The zero-order valence-corrected chi connectivity index (χ0v) is 19.9. The summed E-state index contributed by atoms with van der Waals surface area (Å²) in [4.78, 5) is 34.4. The predicted molar refractivity (Wildman–Crippen MR) is 133 cm³/mol. The number of para-hydroxylation sites is 2. The minimum atomic E-state index is -0.438. The third-order valence-electron chi connectivity index (χ3n) is 6.17. The lowest BCUT2D eigenvalue weighted by atomic mass is 10.1. The van der Waals surface area contributed by atoms with Crippen LogP contribution in [0.4, 0.5) is 11.4 Å². The van der Waals surface area contributed by atoms with Crippen molar-refractivity contribution in [2.24, 2.45) is 0 Å². The zero-order chi connectivity index (χ0) is 23.7. The van der Waals surface area contributed by atoms with Gasteiger partial charge in [0.25, 0.3) is 5.91 Å². The number of hydrogen-bond acceptors (Lipinski definition) is 7. The Bertz CT molecular complexity index is 1240. The molecule has 1 aliphatic heterocycles. The number of amides is 1. The molecule has 0 radical (unpaired) electrons. The molecule has 1 aromatic heterocycles. The number of aromatic nitrogens is 1. The molecule has 0 saturated heterocycles. The molecule has 2 heterocycles. The summed E-state index contributed by atoms with van der Waals surface area (Å²) in [5, 5.41) is 0. The van der Waals surface area contributed by atoms with Gasteiger partial charge in [-0.15, -0.1) is 0 Å². The lowest BCUT2D eigenvalue weighted by Gasteiger charge is -2.38. The molecule has 1 aliphatic carbocycles. The molecule has 34 heavy (non-hydrogen) atoms. The summed E-state index contributed by atoms with van der Waals surface area (Å²) in [6.07, 6.45) is 7.21. The number of benzene rings is 2. The van der Waals surface area contributed by atoms with Crippen LogP contribution in [-0.2, 0) is 4.18 Å². The van der Waals surface area contributed by atoms with Gasteiger partial charge in [-0.05, 0) is 50.1 Å². The van der Waals surface area contributed by atoms with Crippen LogP contribution in [-0.4, -0.2) is 42.2 Å². The van der Waals surface area contributed by atoms with Crippen LogP contribution in [0.1, 0.15) is 39.1 Å². The Morgan fingerprint density at radius 3 is 2.53 bits per heavy atom. The zero-order valence-electron chi connectivity index (χ0n) is 19.1. The third kappa shape index (κ3) is 4.21. The number of anilines is 2. The van der Waals surface area contributed by atoms with Crippen LogP contribution in [0.5, 0.6) is 11.5 Å². The van der Waals surface area contributed by atoms with Crippen LogP contribution in [0.3, 0.4) is 0 Å².